The van der Waals surface area contributed by atoms with Crippen molar-refractivity contribution in [3.05, 3.63) is 66.2 Å². The van der Waals surface area contributed by atoms with Gasteiger partial charge in [0.1, 0.15) is 17.2 Å². The molecule has 3 aromatic rings. The molecule has 1 amide bonds. The Morgan fingerprint density at radius 3 is 2.49 bits per heavy atom. The van der Waals surface area contributed by atoms with Crippen molar-refractivity contribution in [2.75, 3.05) is 19.7 Å². The summed E-state index contributed by atoms with van der Waals surface area (Å²) in [5, 5.41) is 0. The summed E-state index contributed by atoms with van der Waals surface area (Å²) >= 11 is 0. The lowest BCUT2D eigenvalue weighted by molar-refractivity contribution is -0.0171. The van der Waals surface area contributed by atoms with Gasteiger partial charge in [0.2, 0.25) is 10.0 Å². The second-order valence-corrected chi connectivity index (χ2v) is 13.4. The molecule has 0 atom stereocenters. The monoisotopic (exact) mass is 552 g/mol. The summed E-state index contributed by atoms with van der Waals surface area (Å²) in [4.78, 5) is 21.4. The van der Waals surface area contributed by atoms with Crippen molar-refractivity contribution in [1.82, 2.24) is 19.6 Å². The third kappa shape index (κ3) is 6.45. The summed E-state index contributed by atoms with van der Waals surface area (Å²) in [6.07, 6.45) is 6.34. The first-order chi connectivity index (χ1) is 18.5. The molecule has 3 heterocycles. The molecule has 1 saturated heterocycles. The number of imidazole rings is 1. The first-order valence-electron chi connectivity index (χ1n) is 13.3. The second kappa shape index (κ2) is 10.7. The molecule has 0 aliphatic carbocycles. The van der Waals surface area contributed by atoms with E-state index in [-0.39, 0.29) is 28.5 Å². The summed E-state index contributed by atoms with van der Waals surface area (Å²) in [5.41, 5.74) is 2.78. The third-order valence-electron chi connectivity index (χ3n) is 7.28. The number of carbonyl (C=O) groups is 1. The van der Waals surface area contributed by atoms with Crippen LogP contribution in [0.5, 0.6) is 5.75 Å². The Morgan fingerprint density at radius 1 is 1.10 bits per heavy atom. The number of rotatable bonds is 6. The number of amides is 1. The highest BCUT2D eigenvalue weighted by molar-refractivity contribution is 7.89. The van der Waals surface area contributed by atoms with E-state index in [2.05, 4.69) is 20.8 Å². The lowest BCUT2D eigenvalue weighted by Gasteiger charge is -2.44. The van der Waals surface area contributed by atoms with E-state index in [0.29, 0.717) is 25.5 Å². The highest BCUT2D eigenvalue weighted by atomic mass is 32.2. The Hall–Kier alpha value is -3.37. The van der Waals surface area contributed by atoms with Crippen LogP contribution in [0.4, 0.5) is 4.79 Å². The number of piperidine rings is 1. The average molecular weight is 553 g/mol. The number of aryl methyl sites for hydroxylation is 1. The maximum absolute atomic E-state index is 12.6. The van der Waals surface area contributed by atoms with Gasteiger partial charge in [-0.2, -0.15) is 0 Å². The predicted octanol–water partition coefficient (Wildman–Crippen LogP) is 4.90. The molecule has 39 heavy (non-hydrogen) atoms. The van der Waals surface area contributed by atoms with E-state index in [9.17, 15) is 13.2 Å². The van der Waals surface area contributed by atoms with Gasteiger partial charge in [0.15, 0.2) is 0 Å². The standard InChI is InChI=1S/C29H36N4O5S/c1-28(2,3)20-37-27(34)33-16-12-29(13-17-33)11-10-23-18-22(6-9-25(23)38-29)21-4-7-24(8-5-21)39(35,36)32-19-26-30-14-15-31-26/h4-9,14-15,18,32H,10-13,16-17,19-20H2,1-3H3,(H,30,31). The van der Waals surface area contributed by atoms with Crippen molar-refractivity contribution < 1.29 is 22.7 Å². The van der Waals surface area contributed by atoms with Crippen molar-refractivity contribution in [2.45, 2.75) is 63.5 Å². The number of hydrogen-bond donors (Lipinski definition) is 2. The molecule has 2 aliphatic heterocycles. The van der Waals surface area contributed by atoms with Crippen LogP contribution in [-0.4, -0.2) is 54.7 Å². The molecule has 2 aliphatic rings. The fourth-order valence-electron chi connectivity index (χ4n) is 4.99. The maximum atomic E-state index is 12.6. The molecule has 0 unspecified atom stereocenters. The molecular weight excluding hydrogens is 516 g/mol. The molecule has 1 spiro atoms. The molecule has 2 aromatic carbocycles. The molecule has 2 N–H and O–H groups in total. The molecular formula is C29H36N4O5S. The van der Waals surface area contributed by atoms with Gasteiger partial charge in [-0.1, -0.05) is 39.0 Å². The van der Waals surface area contributed by atoms with Gasteiger partial charge in [-0.3, -0.25) is 0 Å². The fraction of sp³-hybridized carbons (Fsp3) is 0.448. The molecule has 0 bridgehead atoms. The number of H-pyrrole nitrogens is 1. The SMILES string of the molecule is CC(C)(C)COC(=O)N1CCC2(CCc3cc(-c4ccc(S(=O)(=O)NCc5ncc[nH]5)cc4)ccc3O2)CC1. The summed E-state index contributed by atoms with van der Waals surface area (Å²) in [5.74, 6) is 1.44. The van der Waals surface area contributed by atoms with Gasteiger partial charge >= 0.3 is 6.09 Å². The fourth-order valence-corrected chi connectivity index (χ4v) is 5.97. The van der Waals surface area contributed by atoms with Crippen LogP contribution in [0.1, 0.15) is 51.4 Å². The minimum Gasteiger partial charge on any atom is -0.487 e. The first kappa shape index (κ1) is 27.2. The number of hydrogen-bond acceptors (Lipinski definition) is 6. The van der Waals surface area contributed by atoms with Crippen LogP contribution in [0.25, 0.3) is 11.1 Å². The summed E-state index contributed by atoms with van der Waals surface area (Å²) in [6, 6.07) is 13.0. The van der Waals surface area contributed by atoms with E-state index < -0.39 is 10.0 Å². The van der Waals surface area contributed by atoms with Crippen LogP contribution in [0.3, 0.4) is 0 Å². The van der Waals surface area contributed by atoms with Crippen molar-refractivity contribution in [1.29, 1.82) is 0 Å². The van der Waals surface area contributed by atoms with Gasteiger partial charge in [0.05, 0.1) is 18.0 Å². The number of benzene rings is 2. The van der Waals surface area contributed by atoms with Crippen LogP contribution < -0.4 is 9.46 Å². The van der Waals surface area contributed by atoms with Crippen LogP contribution in [-0.2, 0) is 27.7 Å². The zero-order chi connectivity index (χ0) is 27.7. The van der Waals surface area contributed by atoms with Crippen molar-refractivity contribution in [2.24, 2.45) is 5.41 Å². The number of ether oxygens (including phenoxy) is 2. The van der Waals surface area contributed by atoms with E-state index in [1.807, 2.05) is 45.0 Å². The smallest absolute Gasteiger partial charge is 0.409 e. The number of sulfonamides is 1. The summed E-state index contributed by atoms with van der Waals surface area (Å²) in [7, 11) is -3.65. The number of nitrogens with one attached hydrogen (secondary N) is 2. The minimum atomic E-state index is -3.65. The maximum Gasteiger partial charge on any atom is 0.409 e. The number of fused-ring (bicyclic) bond motifs is 1. The molecule has 0 saturated carbocycles. The molecule has 0 radical (unpaired) electrons. The van der Waals surface area contributed by atoms with E-state index in [4.69, 9.17) is 9.47 Å². The zero-order valence-electron chi connectivity index (χ0n) is 22.7. The average Bonchev–Trinajstić information content (AvgIpc) is 3.44. The van der Waals surface area contributed by atoms with Crippen LogP contribution in [0, 0.1) is 5.41 Å². The van der Waals surface area contributed by atoms with Crippen molar-refractivity contribution in [3.63, 3.8) is 0 Å². The Morgan fingerprint density at radius 2 is 1.82 bits per heavy atom. The number of likely N-dealkylation sites (tertiary alicyclic amines) is 1. The Labute approximate surface area is 230 Å². The Balaban J connectivity index is 1.20. The van der Waals surface area contributed by atoms with E-state index >= 15 is 0 Å². The normalized spacial score (nSPS) is 16.9. The summed E-state index contributed by atoms with van der Waals surface area (Å²) in [6.45, 7) is 7.90. The van der Waals surface area contributed by atoms with Gasteiger partial charge in [0.25, 0.3) is 0 Å². The molecule has 1 aromatic heterocycles. The highest BCUT2D eigenvalue weighted by Crippen LogP contribution is 2.41. The number of nitrogens with zero attached hydrogens (tertiary/aromatic N) is 2. The third-order valence-corrected chi connectivity index (χ3v) is 8.70. The Bertz CT molecular complexity index is 1400. The van der Waals surface area contributed by atoms with Gasteiger partial charge in [0, 0.05) is 38.3 Å². The lowest BCUT2D eigenvalue weighted by atomic mass is 9.82. The molecule has 1 fully saturated rings. The summed E-state index contributed by atoms with van der Waals surface area (Å²) < 4.78 is 39.9. The Kier molecular flexibility index (Phi) is 7.43. The topological polar surface area (TPSA) is 114 Å². The van der Waals surface area contributed by atoms with Crippen LogP contribution in [0.2, 0.25) is 0 Å². The highest BCUT2D eigenvalue weighted by Gasteiger charge is 2.41. The van der Waals surface area contributed by atoms with Gasteiger partial charge in [-0.25, -0.2) is 22.9 Å². The molecule has 208 valence electrons. The van der Waals surface area contributed by atoms with Gasteiger partial charge in [-0.15, -0.1) is 0 Å². The van der Waals surface area contributed by atoms with E-state index in [1.54, 1.807) is 29.4 Å². The van der Waals surface area contributed by atoms with Crippen LogP contribution in [0.15, 0.2) is 59.8 Å². The molecule has 9 nitrogen and oxygen atoms in total. The quantitative estimate of drug-likeness (QED) is 0.450. The predicted molar refractivity (Wildman–Crippen MR) is 148 cm³/mol. The van der Waals surface area contributed by atoms with Gasteiger partial charge < -0.3 is 19.4 Å². The zero-order valence-corrected chi connectivity index (χ0v) is 23.5. The van der Waals surface area contributed by atoms with E-state index in [0.717, 1.165) is 48.1 Å². The second-order valence-electron chi connectivity index (χ2n) is 11.6. The van der Waals surface area contributed by atoms with Crippen molar-refractivity contribution >= 4 is 16.1 Å². The number of carbonyl (C=O) groups excluding carboxylic acids is 1. The minimum absolute atomic E-state index is 0.0562. The number of aromatic nitrogens is 2. The molecule has 5 rings (SSSR count). The molecule has 10 heteroatoms. The van der Waals surface area contributed by atoms with Gasteiger partial charge in [-0.05, 0) is 59.2 Å². The van der Waals surface area contributed by atoms with Crippen LogP contribution >= 0.6 is 0 Å². The first-order valence-corrected chi connectivity index (χ1v) is 14.8. The van der Waals surface area contributed by atoms with Crippen molar-refractivity contribution in [3.8, 4) is 16.9 Å². The lowest BCUT2D eigenvalue weighted by Crippen LogP contribution is -2.51. The van der Waals surface area contributed by atoms with E-state index in [1.165, 1.54) is 0 Å². The largest absolute Gasteiger partial charge is 0.487 e. The number of aromatic amines is 1.